The van der Waals surface area contributed by atoms with Crippen LogP contribution < -0.4 is 0 Å². The van der Waals surface area contributed by atoms with E-state index in [4.69, 9.17) is 4.76 Å². The Bertz CT molecular complexity index is 880. The van der Waals surface area contributed by atoms with Crippen molar-refractivity contribution in [1.29, 1.82) is 0 Å². The molecule has 0 unspecified atom stereocenters. The van der Waals surface area contributed by atoms with Crippen LogP contribution in [0.25, 0.3) is 0 Å². The number of benzene rings is 1. The van der Waals surface area contributed by atoms with Gasteiger partial charge in [0.05, 0.1) is 19.0 Å². The van der Waals surface area contributed by atoms with E-state index in [2.05, 4.69) is 132 Å². The van der Waals surface area contributed by atoms with Gasteiger partial charge in [0.2, 0.25) is 0 Å². The average Bonchev–Trinajstić information content (AvgIpc) is 3.15. The van der Waals surface area contributed by atoms with Crippen molar-refractivity contribution < 1.29 is 0 Å². The molecule has 2 heterocycles. The first kappa shape index (κ1) is 29.0. The van der Waals surface area contributed by atoms with Crippen LogP contribution in [-0.4, -0.2) is 78.8 Å². The van der Waals surface area contributed by atoms with Gasteiger partial charge in [0.25, 0.3) is 0 Å². The molecule has 1 fully saturated rings. The Morgan fingerprint density at radius 3 is 1.43 bits per heavy atom. The van der Waals surface area contributed by atoms with Crippen molar-refractivity contribution in [2.45, 2.75) is 119 Å². The fraction of sp³-hybridized carbons (Fsp3) is 0.714. The van der Waals surface area contributed by atoms with Crippen LogP contribution in [0.15, 0.2) is 35.1 Å². The van der Waals surface area contributed by atoms with Crippen molar-refractivity contribution in [2.75, 3.05) is 13.1 Å². The van der Waals surface area contributed by atoms with E-state index in [0.717, 1.165) is 13.1 Å². The van der Waals surface area contributed by atoms with E-state index >= 15 is 0 Å². The molecule has 2 aliphatic rings. The quantitative estimate of drug-likeness (QED) is 0.302. The summed E-state index contributed by atoms with van der Waals surface area (Å²) in [6.07, 6.45) is 0. The molecule has 0 N–H and O–H groups in total. The number of nitrogens with zero attached hydrogens (tertiary/aromatic N) is 5. The van der Waals surface area contributed by atoms with Gasteiger partial charge in [-0.15, -0.1) is 0 Å². The lowest BCUT2D eigenvalue weighted by atomic mass is 10.1. The smallest absolute Gasteiger partial charge is 0.138 e. The second-order valence-electron chi connectivity index (χ2n) is 11.6. The lowest BCUT2D eigenvalue weighted by molar-refractivity contribution is 0.253. The Balaban J connectivity index is 2.45. The van der Waals surface area contributed by atoms with Gasteiger partial charge in [0, 0.05) is 54.9 Å². The first-order chi connectivity index (χ1) is 16.4. The molecule has 5 nitrogen and oxygen atoms in total. The molecule has 0 radical (unpaired) electrons. The van der Waals surface area contributed by atoms with E-state index in [9.17, 15) is 0 Å². The third-order valence-corrected chi connectivity index (χ3v) is 15.6. The monoisotopic (exact) mass is 519 g/mol. The van der Waals surface area contributed by atoms with E-state index < -0.39 is 15.6 Å². The highest BCUT2D eigenvalue weighted by molar-refractivity contribution is 7.97. The first-order valence-corrected chi connectivity index (χ1v) is 16.6. The van der Waals surface area contributed by atoms with E-state index in [0.29, 0.717) is 36.3 Å². The summed E-state index contributed by atoms with van der Waals surface area (Å²) in [5, 5.41) is 1.64. The van der Waals surface area contributed by atoms with Crippen LogP contribution in [0.5, 0.6) is 0 Å². The Morgan fingerprint density at radius 1 is 0.686 bits per heavy atom. The Kier molecular flexibility index (Phi) is 9.50. The standard InChI is InChI=1S/C28H51N5P2/c1-20(2)30-18-19-31(21(3)4)34(30)28-27(26-16-14-13-15-17-26)29-35(28,32(22(5)6)23(7)8)33(24(9)10)25(11)12/h13-17,20-25H,18-19H2,1-12H3. The molecule has 0 atom stereocenters. The van der Waals surface area contributed by atoms with Gasteiger partial charge in [-0.25, -0.2) is 14.1 Å². The number of hydrogen-bond donors (Lipinski definition) is 0. The molecule has 1 aromatic carbocycles. The van der Waals surface area contributed by atoms with E-state index in [-0.39, 0.29) is 0 Å². The summed E-state index contributed by atoms with van der Waals surface area (Å²) in [4.78, 5) is 0. The molecule has 198 valence electrons. The minimum absolute atomic E-state index is 0.414. The van der Waals surface area contributed by atoms with Crippen LogP contribution >= 0.6 is 15.6 Å². The summed E-state index contributed by atoms with van der Waals surface area (Å²) in [6.45, 7) is 30.8. The van der Waals surface area contributed by atoms with Crippen molar-refractivity contribution in [3.05, 3.63) is 35.9 Å². The maximum Gasteiger partial charge on any atom is 0.138 e. The van der Waals surface area contributed by atoms with E-state index in [1.54, 1.807) is 5.03 Å². The molecule has 0 saturated carbocycles. The van der Waals surface area contributed by atoms with Gasteiger partial charge in [-0.05, 0) is 83.1 Å². The molecular formula is C28H51N5P2. The highest BCUT2D eigenvalue weighted by atomic mass is 31.2. The maximum absolute atomic E-state index is 5.83. The molecule has 1 aromatic rings. The van der Waals surface area contributed by atoms with Crippen molar-refractivity contribution in [1.82, 2.24) is 18.7 Å². The Hall–Kier alpha value is -0.540. The second kappa shape index (κ2) is 11.5. The van der Waals surface area contributed by atoms with Crippen LogP contribution in [0.4, 0.5) is 0 Å². The van der Waals surface area contributed by atoms with Crippen LogP contribution in [0.2, 0.25) is 0 Å². The molecule has 0 amide bonds. The predicted octanol–water partition coefficient (Wildman–Crippen LogP) is 7.37. The third-order valence-electron chi connectivity index (χ3n) is 6.97. The predicted molar refractivity (Wildman–Crippen MR) is 160 cm³/mol. The molecular weight excluding hydrogens is 468 g/mol. The van der Waals surface area contributed by atoms with Crippen LogP contribution in [0, 0.1) is 0 Å². The molecule has 2 aliphatic heterocycles. The van der Waals surface area contributed by atoms with Gasteiger partial charge in [-0.2, -0.15) is 0 Å². The summed E-state index contributed by atoms with van der Waals surface area (Å²) < 4.78 is 17.0. The van der Waals surface area contributed by atoms with Gasteiger partial charge >= 0.3 is 0 Å². The number of hydrogen-bond acceptors (Lipinski definition) is 5. The maximum atomic E-state index is 5.83. The van der Waals surface area contributed by atoms with E-state index in [1.165, 1.54) is 11.3 Å². The minimum Gasteiger partial charge on any atom is -0.262 e. The fourth-order valence-corrected chi connectivity index (χ4v) is 15.4. The molecule has 1 saturated heterocycles. The number of rotatable bonds is 10. The lowest BCUT2D eigenvalue weighted by Crippen LogP contribution is -2.51. The van der Waals surface area contributed by atoms with Gasteiger partial charge in [0.1, 0.15) is 7.34 Å². The molecule has 35 heavy (non-hydrogen) atoms. The molecule has 0 aromatic heterocycles. The molecule has 0 aliphatic carbocycles. The van der Waals surface area contributed by atoms with Crippen LogP contribution in [0.1, 0.15) is 88.6 Å². The molecule has 0 spiro atoms. The van der Waals surface area contributed by atoms with E-state index in [1.807, 2.05) is 0 Å². The van der Waals surface area contributed by atoms with Crippen LogP contribution in [-0.2, 0) is 0 Å². The Labute approximate surface area is 218 Å². The van der Waals surface area contributed by atoms with Crippen LogP contribution in [0.3, 0.4) is 0 Å². The zero-order valence-corrected chi connectivity index (χ0v) is 26.2. The van der Waals surface area contributed by atoms with Crippen molar-refractivity contribution >= 4 is 26.3 Å². The summed E-state index contributed by atoms with van der Waals surface area (Å²) in [5.41, 5.74) is 2.54. The summed E-state index contributed by atoms with van der Waals surface area (Å²) >= 11 is 0. The second-order valence-corrected chi connectivity index (χ2v) is 16.8. The average molecular weight is 520 g/mol. The van der Waals surface area contributed by atoms with Gasteiger partial charge in [0.15, 0.2) is 0 Å². The zero-order valence-electron chi connectivity index (χ0n) is 24.4. The van der Waals surface area contributed by atoms with Crippen molar-refractivity contribution in [2.24, 2.45) is 4.76 Å². The van der Waals surface area contributed by atoms with Crippen molar-refractivity contribution in [3.63, 3.8) is 0 Å². The van der Waals surface area contributed by atoms with Gasteiger partial charge in [-0.1, -0.05) is 30.3 Å². The normalized spacial score (nSPS) is 20.1. The van der Waals surface area contributed by atoms with Gasteiger partial charge in [-0.3, -0.25) is 9.34 Å². The third kappa shape index (κ3) is 5.25. The zero-order chi connectivity index (χ0) is 26.2. The fourth-order valence-electron chi connectivity index (χ4n) is 5.99. The highest BCUT2D eigenvalue weighted by Crippen LogP contribution is 2.73. The van der Waals surface area contributed by atoms with Crippen molar-refractivity contribution in [3.8, 4) is 0 Å². The van der Waals surface area contributed by atoms with Gasteiger partial charge < -0.3 is 0 Å². The largest absolute Gasteiger partial charge is 0.262 e. The first-order valence-electron chi connectivity index (χ1n) is 13.7. The summed E-state index contributed by atoms with van der Waals surface area (Å²) in [5.74, 6) is 0. The molecule has 0 bridgehead atoms. The topological polar surface area (TPSA) is 25.3 Å². The lowest BCUT2D eigenvalue weighted by Gasteiger charge is -2.56. The molecule has 3 rings (SSSR count). The Morgan fingerprint density at radius 2 is 1.09 bits per heavy atom. The highest BCUT2D eigenvalue weighted by Gasteiger charge is 2.54. The SMILES string of the molecule is CC(C)N1CCN(C(C)C)P1C1=P(N(C(C)C)C(C)C)(N(C(C)C)C(C)C)N=C1c1ccccc1. The summed E-state index contributed by atoms with van der Waals surface area (Å²) in [6, 6.07) is 13.7. The molecule has 7 heteroatoms. The summed E-state index contributed by atoms with van der Waals surface area (Å²) in [7, 11) is -2.75. The minimum atomic E-state index is -2.13.